The minimum absolute atomic E-state index is 0.0345. The van der Waals surface area contributed by atoms with Gasteiger partial charge in [0.15, 0.2) is 0 Å². The quantitative estimate of drug-likeness (QED) is 0.905. The van der Waals surface area contributed by atoms with Crippen LogP contribution in [0.3, 0.4) is 0 Å². The molecule has 25 heavy (non-hydrogen) atoms. The Morgan fingerprint density at radius 3 is 2.44 bits per heavy atom. The lowest BCUT2D eigenvalue weighted by Gasteiger charge is -2.39. The van der Waals surface area contributed by atoms with Crippen LogP contribution >= 0.6 is 0 Å². The number of nitrogens with one attached hydrogen (secondary N) is 1. The zero-order valence-electron chi connectivity index (χ0n) is 14.3. The van der Waals surface area contributed by atoms with E-state index >= 15 is 0 Å². The molecule has 0 aromatic heterocycles. The molecule has 4 rings (SSSR count). The van der Waals surface area contributed by atoms with E-state index in [0.717, 1.165) is 43.7 Å². The lowest BCUT2D eigenvalue weighted by Crippen LogP contribution is -2.43. The number of hydrogen-bond donors (Lipinski definition) is 2. The molecule has 2 aliphatic rings. The van der Waals surface area contributed by atoms with Gasteiger partial charge in [0.1, 0.15) is 0 Å². The number of nitrogens with zero attached hydrogens (tertiary/aromatic N) is 1. The van der Waals surface area contributed by atoms with Gasteiger partial charge >= 0.3 is 0 Å². The largest absolute Gasteiger partial charge is 0.387 e. The fraction of sp³-hybridized carbons (Fsp3) is 0.381. The number of amides is 1. The van der Waals surface area contributed by atoms with Crippen molar-refractivity contribution in [3.05, 3.63) is 65.7 Å². The zero-order valence-corrected chi connectivity index (χ0v) is 14.3. The number of hydrogen-bond acceptors (Lipinski definition) is 3. The number of aliphatic hydroxyl groups is 1. The van der Waals surface area contributed by atoms with Gasteiger partial charge in [0.05, 0.1) is 12.0 Å². The van der Waals surface area contributed by atoms with Crippen LogP contribution in [-0.2, 0) is 11.3 Å². The number of likely N-dealkylation sites (tertiary alicyclic amines) is 1. The molecule has 2 heterocycles. The predicted molar refractivity (Wildman–Crippen MR) is 98.0 cm³/mol. The molecular formula is C21H24N2O2. The van der Waals surface area contributed by atoms with Crippen molar-refractivity contribution in [2.45, 2.75) is 25.5 Å². The van der Waals surface area contributed by atoms with Crippen molar-refractivity contribution in [1.29, 1.82) is 0 Å². The lowest BCUT2D eigenvalue weighted by atomic mass is 9.76. The molecule has 0 saturated carbocycles. The fourth-order valence-corrected chi connectivity index (χ4v) is 4.21. The highest BCUT2D eigenvalue weighted by Gasteiger charge is 2.40. The van der Waals surface area contributed by atoms with Crippen LogP contribution in [0.25, 0.3) is 0 Å². The highest BCUT2D eigenvalue weighted by molar-refractivity contribution is 5.96. The Labute approximate surface area is 148 Å². The summed E-state index contributed by atoms with van der Waals surface area (Å²) in [6.45, 7) is 2.89. The minimum atomic E-state index is -0.698. The lowest BCUT2D eigenvalue weighted by molar-refractivity contribution is -0.127. The number of benzene rings is 2. The van der Waals surface area contributed by atoms with Crippen LogP contribution in [0.2, 0.25) is 0 Å². The summed E-state index contributed by atoms with van der Waals surface area (Å²) >= 11 is 0. The summed E-state index contributed by atoms with van der Waals surface area (Å²) < 4.78 is 0. The average molecular weight is 336 g/mol. The molecule has 2 aliphatic heterocycles. The number of carbonyl (C=O) groups excluding carboxylic acids is 1. The second kappa shape index (κ2) is 6.98. The number of para-hydroxylation sites is 1. The van der Waals surface area contributed by atoms with Gasteiger partial charge in [-0.25, -0.2) is 0 Å². The molecule has 2 unspecified atom stereocenters. The minimum Gasteiger partial charge on any atom is -0.387 e. The molecule has 130 valence electrons. The van der Waals surface area contributed by atoms with Crippen LogP contribution in [0.4, 0.5) is 5.69 Å². The van der Waals surface area contributed by atoms with Crippen molar-refractivity contribution in [2.75, 3.05) is 18.4 Å². The first-order valence-electron chi connectivity index (χ1n) is 9.06. The number of carbonyl (C=O) groups is 1. The number of anilines is 1. The van der Waals surface area contributed by atoms with Crippen LogP contribution in [-0.4, -0.2) is 29.0 Å². The van der Waals surface area contributed by atoms with E-state index in [1.54, 1.807) is 0 Å². The number of fused-ring (bicyclic) bond motifs is 1. The van der Waals surface area contributed by atoms with E-state index in [9.17, 15) is 9.90 Å². The van der Waals surface area contributed by atoms with E-state index in [4.69, 9.17) is 0 Å². The Morgan fingerprint density at radius 1 is 1.00 bits per heavy atom. The smallest absolute Gasteiger partial charge is 0.230 e. The third kappa shape index (κ3) is 3.32. The normalized spacial score (nSPS) is 24.6. The molecule has 0 bridgehead atoms. The summed E-state index contributed by atoms with van der Waals surface area (Å²) in [5.41, 5.74) is 2.92. The monoisotopic (exact) mass is 336 g/mol. The molecule has 4 nitrogen and oxygen atoms in total. The highest BCUT2D eigenvalue weighted by Crippen LogP contribution is 2.41. The van der Waals surface area contributed by atoms with Crippen LogP contribution in [0.15, 0.2) is 54.6 Å². The Hall–Kier alpha value is -2.17. The van der Waals surface area contributed by atoms with Crippen LogP contribution in [0, 0.1) is 11.8 Å². The molecule has 2 aromatic carbocycles. The summed E-state index contributed by atoms with van der Waals surface area (Å²) in [6, 6.07) is 18.1. The van der Waals surface area contributed by atoms with E-state index < -0.39 is 6.10 Å². The average Bonchev–Trinajstić information content (AvgIpc) is 2.64. The van der Waals surface area contributed by atoms with Gasteiger partial charge in [0.2, 0.25) is 5.91 Å². The maximum atomic E-state index is 12.6. The van der Waals surface area contributed by atoms with Crippen LogP contribution < -0.4 is 5.32 Å². The fourth-order valence-electron chi connectivity index (χ4n) is 4.21. The van der Waals surface area contributed by atoms with Gasteiger partial charge in [0, 0.05) is 17.8 Å². The summed E-state index contributed by atoms with van der Waals surface area (Å²) in [4.78, 5) is 15.0. The molecule has 2 N–H and O–H groups in total. The van der Waals surface area contributed by atoms with Crippen LogP contribution in [0.1, 0.15) is 30.1 Å². The first-order valence-corrected chi connectivity index (χ1v) is 9.06. The first-order chi connectivity index (χ1) is 12.2. The van der Waals surface area contributed by atoms with Gasteiger partial charge in [-0.3, -0.25) is 9.69 Å². The molecular weight excluding hydrogens is 312 g/mol. The molecule has 2 aromatic rings. The summed E-state index contributed by atoms with van der Waals surface area (Å²) in [7, 11) is 0. The van der Waals surface area contributed by atoms with E-state index in [1.807, 2.05) is 30.3 Å². The number of rotatable bonds is 3. The topological polar surface area (TPSA) is 52.6 Å². The highest BCUT2D eigenvalue weighted by atomic mass is 16.3. The second-order valence-corrected chi connectivity index (χ2v) is 7.15. The Balaban J connectivity index is 1.41. The van der Waals surface area contributed by atoms with E-state index in [0.29, 0.717) is 0 Å². The molecule has 2 atom stereocenters. The second-order valence-electron chi connectivity index (χ2n) is 7.15. The Bertz CT molecular complexity index is 739. The van der Waals surface area contributed by atoms with Gasteiger partial charge in [-0.2, -0.15) is 0 Å². The molecule has 0 spiro atoms. The molecule has 1 fully saturated rings. The summed E-state index contributed by atoms with van der Waals surface area (Å²) in [5.74, 6) is -0.142. The zero-order chi connectivity index (χ0) is 17.2. The van der Waals surface area contributed by atoms with Gasteiger partial charge in [-0.1, -0.05) is 48.5 Å². The number of aliphatic hydroxyl groups excluding tert-OH is 1. The molecule has 0 aliphatic carbocycles. The van der Waals surface area contributed by atoms with Gasteiger partial charge in [-0.05, 0) is 43.5 Å². The standard InChI is InChI=1S/C21H24N2O2/c24-20-17-8-4-5-9-18(17)22-21(25)19(20)16-10-12-23(13-11-16)14-15-6-2-1-3-7-15/h1-9,16,19-20,24H,10-14H2,(H,22,25). The Kier molecular flexibility index (Phi) is 4.55. The first kappa shape index (κ1) is 16.3. The predicted octanol–water partition coefficient (Wildman–Crippen LogP) is 3.20. The van der Waals surface area contributed by atoms with Crippen molar-refractivity contribution in [3.8, 4) is 0 Å². The van der Waals surface area contributed by atoms with E-state index in [1.165, 1.54) is 5.56 Å². The SMILES string of the molecule is O=C1Nc2ccccc2C(O)C1C1CCN(Cc2ccccc2)CC1. The summed E-state index contributed by atoms with van der Waals surface area (Å²) in [5, 5.41) is 13.7. The number of piperidine rings is 1. The van der Waals surface area contributed by atoms with Crippen molar-refractivity contribution in [3.63, 3.8) is 0 Å². The maximum Gasteiger partial charge on any atom is 0.230 e. The molecule has 1 amide bonds. The van der Waals surface area contributed by atoms with Crippen molar-refractivity contribution >= 4 is 11.6 Å². The molecule has 0 radical (unpaired) electrons. The molecule has 4 heteroatoms. The third-order valence-electron chi connectivity index (χ3n) is 5.57. The van der Waals surface area contributed by atoms with Crippen molar-refractivity contribution in [1.82, 2.24) is 4.90 Å². The van der Waals surface area contributed by atoms with Gasteiger partial charge < -0.3 is 10.4 Å². The van der Waals surface area contributed by atoms with Crippen molar-refractivity contribution < 1.29 is 9.90 Å². The van der Waals surface area contributed by atoms with Crippen LogP contribution in [0.5, 0.6) is 0 Å². The van der Waals surface area contributed by atoms with E-state index in [2.05, 4.69) is 34.5 Å². The third-order valence-corrected chi connectivity index (χ3v) is 5.57. The maximum absolute atomic E-state index is 12.6. The van der Waals surface area contributed by atoms with Gasteiger partial charge in [0.25, 0.3) is 0 Å². The molecule has 1 saturated heterocycles. The summed E-state index contributed by atoms with van der Waals surface area (Å²) in [6.07, 6.45) is 1.20. The van der Waals surface area contributed by atoms with Gasteiger partial charge in [-0.15, -0.1) is 0 Å². The Morgan fingerprint density at radius 2 is 1.68 bits per heavy atom. The van der Waals surface area contributed by atoms with Crippen molar-refractivity contribution in [2.24, 2.45) is 11.8 Å². The van der Waals surface area contributed by atoms with E-state index in [-0.39, 0.29) is 17.7 Å².